The molecule has 1 rings (SSSR count). The minimum Gasteiger partial charge on any atom is -0.389 e. The number of hydrogen-bond donors (Lipinski definition) is 2. The van der Waals surface area contributed by atoms with E-state index in [0.29, 0.717) is 6.42 Å². The number of rotatable bonds is 6. The molecule has 0 aliphatic rings. The summed E-state index contributed by atoms with van der Waals surface area (Å²) in [7, 11) is -3.74. The van der Waals surface area contributed by atoms with Crippen LogP contribution in [0.15, 0.2) is 23.1 Å². The Morgan fingerprint density at radius 2 is 2.05 bits per heavy atom. The first-order chi connectivity index (χ1) is 9.09. The topological polar surface area (TPSA) is 72.2 Å². The monoisotopic (exact) mass is 318 g/mol. The molecule has 0 aliphatic heterocycles. The molecule has 0 saturated heterocycles. The van der Waals surface area contributed by atoms with Gasteiger partial charge in [0.15, 0.2) is 0 Å². The first kappa shape index (κ1) is 17.0. The van der Waals surface area contributed by atoms with Crippen molar-refractivity contribution in [2.24, 2.45) is 5.73 Å². The number of thiocarbonyl (C=S) groups is 1. The molecule has 0 heterocycles. The normalized spacial score (nSPS) is 12.4. The van der Waals surface area contributed by atoms with Crippen LogP contribution in [0.5, 0.6) is 0 Å². The van der Waals surface area contributed by atoms with Crippen LogP contribution in [0.2, 0.25) is 0 Å². The van der Waals surface area contributed by atoms with E-state index in [2.05, 4.69) is 4.72 Å². The van der Waals surface area contributed by atoms with E-state index in [1.807, 2.05) is 6.92 Å². The molecule has 4 nitrogen and oxygen atoms in total. The maximum atomic E-state index is 13.5. The summed E-state index contributed by atoms with van der Waals surface area (Å²) in [5.74, 6) is -0.635. The first-order valence-corrected chi connectivity index (χ1v) is 8.11. The summed E-state index contributed by atoms with van der Waals surface area (Å²) in [6, 6.07) is 3.40. The highest BCUT2D eigenvalue weighted by atomic mass is 32.2. The molecule has 0 spiro atoms. The molecule has 0 aromatic heterocycles. The lowest BCUT2D eigenvalue weighted by Crippen LogP contribution is -2.43. The fourth-order valence-corrected chi connectivity index (χ4v) is 3.58. The van der Waals surface area contributed by atoms with E-state index in [1.54, 1.807) is 13.8 Å². The molecular formula is C13H19FN2O2S2. The average Bonchev–Trinajstić information content (AvgIpc) is 2.26. The molecule has 1 aromatic rings. The Morgan fingerprint density at radius 1 is 1.45 bits per heavy atom. The summed E-state index contributed by atoms with van der Waals surface area (Å²) < 4.78 is 40.7. The zero-order valence-corrected chi connectivity index (χ0v) is 13.4. The molecule has 20 heavy (non-hydrogen) atoms. The quantitative estimate of drug-likeness (QED) is 0.790. The van der Waals surface area contributed by atoms with Crippen LogP contribution in [0.3, 0.4) is 0 Å². The minimum absolute atomic E-state index is 0.0501. The highest BCUT2D eigenvalue weighted by molar-refractivity contribution is 7.89. The Hall–Kier alpha value is -1.05. The molecule has 0 fully saturated rings. The van der Waals surface area contributed by atoms with E-state index in [0.717, 1.165) is 18.6 Å². The summed E-state index contributed by atoms with van der Waals surface area (Å²) in [5, 5.41) is 0. The van der Waals surface area contributed by atoms with Crippen molar-refractivity contribution in [1.82, 2.24) is 4.72 Å². The van der Waals surface area contributed by atoms with Gasteiger partial charge in [0.05, 0.1) is 4.90 Å². The fraction of sp³-hybridized carbons (Fsp3) is 0.462. The molecule has 0 radical (unpaired) electrons. The summed E-state index contributed by atoms with van der Waals surface area (Å²) in [4.78, 5) is -0.224. The van der Waals surface area contributed by atoms with Gasteiger partial charge in [-0.3, -0.25) is 0 Å². The van der Waals surface area contributed by atoms with Gasteiger partial charge in [-0.15, -0.1) is 0 Å². The summed E-state index contributed by atoms with van der Waals surface area (Å²) in [6.07, 6.45) is 1.53. The maximum absolute atomic E-state index is 13.5. The molecule has 3 N–H and O–H groups in total. The largest absolute Gasteiger partial charge is 0.389 e. The highest BCUT2D eigenvalue weighted by Crippen LogP contribution is 2.19. The van der Waals surface area contributed by atoms with Gasteiger partial charge in [-0.1, -0.05) is 25.6 Å². The molecule has 1 aromatic carbocycles. The zero-order valence-electron chi connectivity index (χ0n) is 11.7. The van der Waals surface area contributed by atoms with Crippen LogP contribution in [0.1, 0.15) is 39.2 Å². The fourth-order valence-electron chi connectivity index (χ4n) is 1.96. The Balaban J connectivity index is 3.17. The van der Waals surface area contributed by atoms with Crippen molar-refractivity contribution in [1.29, 1.82) is 0 Å². The van der Waals surface area contributed by atoms with Crippen LogP contribution in [0.25, 0.3) is 0 Å². The SMILES string of the molecule is CCCC(C)(C)NS(=O)(=O)c1ccc(F)c(C(N)=S)c1. The van der Waals surface area contributed by atoms with Gasteiger partial charge in [0, 0.05) is 11.1 Å². The van der Waals surface area contributed by atoms with Crippen molar-refractivity contribution in [2.75, 3.05) is 0 Å². The molecule has 0 amide bonds. The second kappa shape index (κ2) is 6.15. The van der Waals surface area contributed by atoms with Crippen LogP contribution in [-0.2, 0) is 10.0 Å². The van der Waals surface area contributed by atoms with Gasteiger partial charge in [-0.25, -0.2) is 17.5 Å². The van der Waals surface area contributed by atoms with Gasteiger partial charge in [-0.2, -0.15) is 0 Å². The third-order valence-electron chi connectivity index (χ3n) is 2.80. The van der Waals surface area contributed by atoms with Crippen LogP contribution < -0.4 is 10.5 Å². The van der Waals surface area contributed by atoms with Gasteiger partial charge in [0.2, 0.25) is 10.0 Å². The number of benzene rings is 1. The van der Waals surface area contributed by atoms with E-state index < -0.39 is 21.4 Å². The van der Waals surface area contributed by atoms with Crippen LogP contribution >= 0.6 is 12.2 Å². The van der Waals surface area contributed by atoms with Crippen molar-refractivity contribution in [2.45, 2.75) is 44.0 Å². The predicted molar refractivity (Wildman–Crippen MR) is 81.6 cm³/mol. The van der Waals surface area contributed by atoms with E-state index in [1.165, 1.54) is 6.07 Å². The lowest BCUT2D eigenvalue weighted by Gasteiger charge is -2.25. The summed E-state index contributed by atoms with van der Waals surface area (Å²) in [6.45, 7) is 5.57. The van der Waals surface area contributed by atoms with Gasteiger partial charge in [0.25, 0.3) is 0 Å². The molecule has 0 saturated carbocycles. The van der Waals surface area contributed by atoms with Crippen LogP contribution in [-0.4, -0.2) is 18.9 Å². The Morgan fingerprint density at radius 3 is 2.55 bits per heavy atom. The zero-order chi connectivity index (χ0) is 15.6. The molecule has 7 heteroatoms. The highest BCUT2D eigenvalue weighted by Gasteiger charge is 2.26. The van der Waals surface area contributed by atoms with E-state index in [4.69, 9.17) is 18.0 Å². The number of sulfonamides is 1. The standard InChI is InChI=1S/C13H19FN2O2S2/c1-4-7-13(2,3)16-20(17,18)9-5-6-11(14)10(8-9)12(15)19/h5-6,8,16H,4,7H2,1-3H3,(H2,15,19). The molecule has 112 valence electrons. The lowest BCUT2D eigenvalue weighted by molar-refractivity contribution is 0.417. The number of hydrogen-bond acceptors (Lipinski definition) is 3. The number of nitrogens with one attached hydrogen (secondary N) is 1. The number of nitrogens with two attached hydrogens (primary N) is 1. The molecule has 0 aliphatic carbocycles. The molecular weight excluding hydrogens is 299 g/mol. The van der Waals surface area contributed by atoms with Crippen molar-refractivity contribution in [3.63, 3.8) is 0 Å². The molecule has 0 unspecified atom stereocenters. The number of halogens is 1. The first-order valence-electron chi connectivity index (χ1n) is 6.22. The van der Waals surface area contributed by atoms with E-state index in [-0.39, 0.29) is 15.4 Å². The smallest absolute Gasteiger partial charge is 0.241 e. The molecule has 0 bridgehead atoms. The van der Waals surface area contributed by atoms with Gasteiger partial charge in [-0.05, 0) is 38.5 Å². The Kier molecular flexibility index (Phi) is 5.23. The summed E-state index contributed by atoms with van der Waals surface area (Å²) >= 11 is 4.71. The summed E-state index contributed by atoms with van der Waals surface area (Å²) in [5.41, 5.74) is 4.73. The Bertz CT molecular complexity index is 613. The maximum Gasteiger partial charge on any atom is 0.241 e. The third kappa shape index (κ3) is 4.22. The predicted octanol–water partition coefficient (Wildman–Crippen LogP) is 2.32. The lowest BCUT2D eigenvalue weighted by atomic mass is 10.0. The van der Waals surface area contributed by atoms with Crippen LogP contribution in [0, 0.1) is 5.82 Å². The second-order valence-corrected chi connectivity index (χ2v) is 7.37. The molecule has 0 atom stereocenters. The Labute approximate surface area is 124 Å². The average molecular weight is 318 g/mol. The van der Waals surface area contributed by atoms with Crippen molar-refractivity contribution < 1.29 is 12.8 Å². The van der Waals surface area contributed by atoms with Crippen molar-refractivity contribution in [3.05, 3.63) is 29.6 Å². The van der Waals surface area contributed by atoms with Gasteiger partial charge in [0.1, 0.15) is 10.8 Å². The van der Waals surface area contributed by atoms with Gasteiger partial charge < -0.3 is 5.73 Å². The van der Waals surface area contributed by atoms with E-state index in [9.17, 15) is 12.8 Å². The third-order valence-corrected chi connectivity index (χ3v) is 4.72. The van der Waals surface area contributed by atoms with Crippen molar-refractivity contribution in [3.8, 4) is 0 Å². The van der Waals surface area contributed by atoms with Gasteiger partial charge >= 0.3 is 0 Å². The van der Waals surface area contributed by atoms with Crippen LogP contribution in [0.4, 0.5) is 4.39 Å². The van der Waals surface area contributed by atoms with E-state index >= 15 is 0 Å². The second-order valence-electron chi connectivity index (χ2n) is 5.25. The van der Waals surface area contributed by atoms with Crippen molar-refractivity contribution >= 4 is 27.2 Å². The minimum atomic E-state index is -3.74.